The second kappa shape index (κ2) is 9.02. The number of hydrogen-bond donors (Lipinski definition) is 1. The third kappa shape index (κ3) is 4.87. The number of benzene rings is 1. The van der Waals surface area contributed by atoms with Gasteiger partial charge in [0, 0.05) is 38.1 Å². The number of hydrogen-bond acceptors (Lipinski definition) is 3. The maximum atomic E-state index is 12.7. The molecule has 1 N–H and O–H groups in total. The summed E-state index contributed by atoms with van der Waals surface area (Å²) in [6.07, 6.45) is 5.09. The van der Waals surface area contributed by atoms with Crippen LogP contribution in [-0.4, -0.2) is 52.7 Å². The lowest BCUT2D eigenvalue weighted by Crippen LogP contribution is -2.49. The maximum absolute atomic E-state index is 12.7. The molecule has 1 saturated carbocycles. The van der Waals surface area contributed by atoms with E-state index in [0.29, 0.717) is 19.6 Å². The Labute approximate surface area is 160 Å². The lowest BCUT2D eigenvalue weighted by atomic mass is 10.1. The van der Waals surface area contributed by atoms with Crippen LogP contribution in [-0.2, 0) is 20.9 Å². The lowest BCUT2D eigenvalue weighted by molar-refractivity contribution is -0.146. The smallest absolute Gasteiger partial charge is 0.311 e. The summed E-state index contributed by atoms with van der Waals surface area (Å²) in [6.45, 7) is 3.26. The Morgan fingerprint density at radius 3 is 2.52 bits per heavy atom. The molecule has 0 aromatic heterocycles. The Morgan fingerprint density at radius 2 is 1.85 bits per heavy atom. The molecule has 0 spiro atoms. The van der Waals surface area contributed by atoms with E-state index in [-0.39, 0.29) is 24.4 Å². The van der Waals surface area contributed by atoms with Crippen molar-refractivity contribution in [2.75, 3.05) is 13.1 Å². The van der Waals surface area contributed by atoms with Gasteiger partial charge in [-0.15, -0.1) is 0 Å². The third-order valence-corrected chi connectivity index (χ3v) is 5.63. The highest BCUT2D eigenvalue weighted by Crippen LogP contribution is 2.19. The highest BCUT2D eigenvalue weighted by molar-refractivity contribution is 6.35. The topological polar surface area (TPSA) is 69.7 Å². The molecule has 6 heteroatoms. The van der Waals surface area contributed by atoms with Crippen LogP contribution in [0.25, 0.3) is 0 Å². The molecule has 0 unspecified atom stereocenters. The molecule has 0 radical (unpaired) electrons. The zero-order valence-electron chi connectivity index (χ0n) is 16.0. The van der Waals surface area contributed by atoms with Crippen LogP contribution in [0.5, 0.6) is 0 Å². The molecule has 1 aliphatic carbocycles. The number of amides is 3. The second-order valence-corrected chi connectivity index (χ2v) is 7.53. The normalized spacial score (nSPS) is 21.2. The molecular formula is C21H29N3O3. The van der Waals surface area contributed by atoms with Crippen LogP contribution in [0.15, 0.2) is 30.3 Å². The van der Waals surface area contributed by atoms with Crippen LogP contribution in [0.4, 0.5) is 0 Å². The Hall–Kier alpha value is -2.37. The molecule has 1 saturated heterocycles. The van der Waals surface area contributed by atoms with Gasteiger partial charge in [-0.1, -0.05) is 50.1 Å². The van der Waals surface area contributed by atoms with Crippen molar-refractivity contribution in [3.63, 3.8) is 0 Å². The molecule has 0 bridgehead atoms. The number of carbonyl (C=O) groups excluding carboxylic acids is 3. The minimum atomic E-state index is -0.527. The average Bonchev–Trinajstić information content (AvgIpc) is 3.14. The summed E-state index contributed by atoms with van der Waals surface area (Å²) in [7, 11) is 0. The van der Waals surface area contributed by atoms with Crippen molar-refractivity contribution in [1.82, 2.24) is 15.1 Å². The Morgan fingerprint density at radius 1 is 1.15 bits per heavy atom. The summed E-state index contributed by atoms with van der Waals surface area (Å²) >= 11 is 0. The first-order valence-electron chi connectivity index (χ1n) is 10.0. The monoisotopic (exact) mass is 371 g/mol. The van der Waals surface area contributed by atoms with Gasteiger partial charge in [-0.3, -0.25) is 14.4 Å². The molecule has 1 aliphatic heterocycles. The predicted octanol–water partition coefficient (Wildman–Crippen LogP) is 2.08. The fraction of sp³-hybridized carbons (Fsp3) is 0.571. The van der Waals surface area contributed by atoms with Crippen LogP contribution in [0.2, 0.25) is 0 Å². The Kier molecular flexibility index (Phi) is 6.48. The zero-order valence-corrected chi connectivity index (χ0v) is 16.0. The van der Waals surface area contributed by atoms with Crippen molar-refractivity contribution in [3.05, 3.63) is 35.9 Å². The van der Waals surface area contributed by atoms with Crippen molar-refractivity contribution in [1.29, 1.82) is 0 Å². The van der Waals surface area contributed by atoms with E-state index < -0.39 is 11.8 Å². The first kappa shape index (κ1) is 19.4. The maximum Gasteiger partial charge on any atom is 0.311 e. The third-order valence-electron chi connectivity index (χ3n) is 5.63. The molecule has 1 aromatic rings. The van der Waals surface area contributed by atoms with Crippen LogP contribution in [0, 0.1) is 0 Å². The van der Waals surface area contributed by atoms with Gasteiger partial charge in [0.1, 0.15) is 0 Å². The van der Waals surface area contributed by atoms with E-state index in [1.807, 2.05) is 42.2 Å². The van der Waals surface area contributed by atoms with E-state index in [1.165, 1.54) is 0 Å². The molecule has 146 valence electrons. The van der Waals surface area contributed by atoms with Crippen LogP contribution < -0.4 is 5.32 Å². The number of rotatable bonds is 4. The fourth-order valence-electron chi connectivity index (χ4n) is 4.01. The Bertz CT molecular complexity index is 671. The lowest BCUT2D eigenvalue weighted by Gasteiger charge is -2.31. The van der Waals surface area contributed by atoms with Crippen molar-refractivity contribution in [2.45, 2.75) is 64.1 Å². The van der Waals surface area contributed by atoms with E-state index in [1.54, 1.807) is 4.90 Å². The van der Waals surface area contributed by atoms with E-state index >= 15 is 0 Å². The number of nitrogens with zero attached hydrogens (tertiary/aromatic N) is 2. The highest BCUT2D eigenvalue weighted by atomic mass is 16.2. The van der Waals surface area contributed by atoms with Gasteiger partial charge in [0.25, 0.3) is 0 Å². The molecule has 1 heterocycles. The molecule has 1 atom stereocenters. The van der Waals surface area contributed by atoms with Crippen molar-refractivity contribution in [2.24, 2.45) is 0 Å². The molecule has 1 aromatic carbocycles. The van der Waals surface area contributed by atoms with Crippen LogP contribution >= 0.6 is 0 Å². The van der Waals surface area contributed by atoms with E-state index in [4.69, 9.17) is 0 Å². The summed E-state index contributed by atoms with van der Waals surface area (Å²) in [4.78, 5) is 41.1. The van der Waals surface area contributed by atoms with Crippen molar-refractivity contribution >= 4 is 17.7 Å². The van der Waals surface area contributed by atoms with E-state index in [9.17, 15) is 14.4 Å². The van der Waals surface area contributed by atoms with Crippen LogP contribution in [0.3, 0.4) is 0 Å². The number of nitrogens with one attached hydrogen (secondary N) is 1. The first-order valence-corrected chi connectivity index (χ1v) is 10.0. The molecule has 2 aliphatic rings. The molecular weight excluding hydrogens is 342 g/mol. The van der Waals surface area contributed by atoms with Crippen LogP contribution in [0.1, 0.15) is 51.0 Å². The largest absolute Gasteiger partial charge is 0.345 e. The molecule has 3 amide bonds. The van der Waals surface area contributed by atoms with Gasteiger partial charge in [0.15, 0.2) is 0 Å². The molecule has 6 nitrogen and oxygen atoms in total. The van der Waals surface area contributed by atoms with Gasteiger partial charge in [0.2, 0.25) is 5.91 Å². The fourth-order valence-corrected chi connectivity index (χ4v) is 4.01. The summed E-state index contributed by atoms with van der Waals surface area (Å²) in [5, 5.41) is 2.86. The van der Waals surface area contributed by atoms with Gasteiger partial charge in [-0.2, -0.15) is 0 Å². The number of carbonyl (C=O) groups is 3. The van der Waals surface area contributed by atoms with Gasteiger partial charge < -0.3 is 15.1 Å². The summed E-state index contributed by atoms with van der Waals surface area (Å²) in [5.41, 5.74) is 1.07. The quantitative estimate of drug-likeness (QED) is 0.824. The molecule has 27 heavy (non-hydrogen) atoms. The summed E-state index contributed by atoms with van der Waals surface area (Å²) in [5.74, 6) is -0.993. The van der Waals surface area contributed by atoms with Gasteiger partial charge >= 0.3 is 11.8 Å². The molecule has 2 fully saturated rings. The minimum Gasteiger partial charge on any atom is -0.345 e. The SMILES string of the molecule is CC[C@@H]1CN(C(=O)C(=O)NC2CCCC2)CCC(=O)N1Cc1ccccc1. The summed E-state index contributed by atoms with van der Waals surface area (Å²) in [6, 6.07) is 9.92. The van der Waals surface area contributed by atoms with Gasteiger partial charge in [-0.05, 0) is 24.8 Å². The summed E-state index contributed by atoms with van der Waals surface area (Å²) < 4.78 is 0. The standard InChI is InChI=1S/C21H29N3O3/c1-2-18-15-23(21(27)20(26)22-17-10-6-7-11-17)13-12-19(25)24(18)14-16-8-4-3-5-9-16/h3-5,8-9,17-18H,2,6-7,10-15H2,1H3,(H,22,26)/t18-/m1/s1. The average molecular weight is 371 g/mol. The van der Waals surface area contributed by atoms with Crippen molar-refractivity contribution < 1.29 is 14.4 Å². The zero-order chi connectivity index (χ0) is 19.2. The Balaban J connectivity index is 1.66. The highest BCUT2D eigenvalue weighted by Gasteiger charge is 2.33. The first-order chi connectivity index (χ1) is 13.1. The van der Waals surface area contributed by atoms with E-state index in [0.717, 1.165) is 37.7 Å². The minimum absolute atomic E-state index is 0.0391. The molecule has 3 rings (SSSR count). The second-order valence-electron chi connectivity index (χ2n) is 7.53. The predicted molar refractivity (Wildman–Crippen MR) is 103 cm³/mol. The van der Waals surface area contributed by atoms with E-state index in [2.05, 4.69) is 5.32 Å². The van der Waals surface area contributed by atoms with Gasteiger partial charge in [-0.25, -0.2) is 0 Å². The van der Waals surface area contributed by atoms with Gasteiger partial charge in [0.05, 0.1) is 0 Å². The van der Waals surface area contributed by atoms with Crippen molar-refractivity contribution in [3.8, 4) is 0 Å².